The van der Waals surface area contributed by atoms with Crippen molar-refractivity contribution in [1.29, 1.82) is 0 Å². The second-order valence-corrected chi connectivity index (χ2v) is 7.84. The third kappa shape index (κ3) is 3.52. The van der Waals surface area contributed by atoms with Crippen LogP contribution in [0.15, 0.2) is 65.7 Å². The molecule has 2 amide bonds. The van der Waals surface area contributed by atoms with Crippen molar-refractivity contribution in [2.45, 2.75) is 6.92 Å². The molecule has 7 heteroatoms. The molecule has 1 aliphatic heterocycles. The summed E-state index contributed by atoms with van der Waals surface area (Å²) < 4.78 is 5.17. The Kier molecular flexibility index (Phi) is 5.13. The smallest absolute Gasteiger partial charge is 0.282 e. The number of carbonyl (C=O) groups excluding carboxylic acids is 2. The number of methoxy groups -OCH3 is 1. The Morgan fingerprint density at radius 2 is 1.79 bits per heavy atom. The second-order valence-electron chi connectivity index (χ2n) is 6.46. The zero-order valence-electron chi connectivity index (χ0n) is 15.7. The first-order valence-corrected chi connectivity index (χ1v) is 10.1. The topological polar surface area (TPSA) is 58.6 Å². The van der Waals surface area contributed by atoms with Crippen molar-refractivity contribution in [3.8, 4) is 5.75 Å². The fourth-order valence-electron chi connectivity index (χ4n) is 3.12. The molecular formula is C22H17ClN2O3S. The zero-order valence-corrected chi connectivity index (χ0v) is 17.3. The van der Waals surface area contributed by atoms with E-state index in [1.54, 1.807) is 43.5 Å². The highest BCUT2D eigenvalue weighted by molar-refractivity contribution is 7.11. The molecule has 2 aromatic carbocycles. The Balaban J connectivity index is 1.79. The number of nitrogens with zero attached hydrogens (tertiary/aromatic N) is 1. The number of nitrogens with one attached hydrogen (secondary N) is 1. The number of benzene rings is 2. The van der Waals surface area contributed by atoms with Crippen LogP contribution in [0.25, 0.3) is 5.57 Å². The molecule has 0 saturated heterocycles. The van der Waals surface area contributed by atoms with Crippen LogP contribution in [-0.4, -0.2) is 18.9 Å². The fourth-order valence-corrected chi connectivity index (χ4v) is 4.06. The average Bonchev–Trinajstić information content (AvgIpc) is 3.32. The summed E-state index contributed by atoms with van der Waals surface area (Å²) >= 11 is 7.54. The van der Waals surface area contributed by atoms with E-state index in [-0.39, 0.29) is 11.6 Å². The number of halogens is 1. The monoisotopic (exact) mass is 424 g/mol. The molecule has 29 heavy (non-hydrogen) atoms. The number of imide groups is 1. The molecule has 0 radical (unpaired) electrons. The van der Waals surface area contributed by atoms with Gasteiger partial charge in [0.15, 0.2) is 0 Å². The highest BCUT2D eigenvalue weighted by atomic mass is 35.5. The number of rotatable bonds is 5. The van der Waals surface area contributed by atoms with Gasteiger partial charge in [0.05, 0.1) is 18.4 Å². The van der Waals surface area contributed by atoms with E-state index in [0.717, 1.165) is 10.4 Å². The van der Waals surface area contributed by atoms with Gasteiger partial charge in [-0.2, -0.15) is 0 Å². The van der Waals surface area contributed by atoms with Crippen LogP contribution in [0.4, 0.5) is 11.4 Å². The largest absolute Gasteiger partial charge is 0.497 e. The minimum Gasteiger partial charge on any atom is -0.497 e. The number of aryl methyl sites for hydroxylation is 1. The second kappa shape index (κ2) is 7.73. The van der Waals surface area contributed by atoms with Crippen LogP contribution in [0.2, 0.25) is 5.02 Å². The van der Waals surface area contributed by atoms with Crippen molar-refractivity contribution >= 4 is 51.7 Å². The molecule has 0 fully saturated rings. The van der Waals surface area contributed by atoms with Gasteiger partial charge in [-0.3, -0.25) is 9.59 Å². The molecule has 1 aromatic heterocycles. The lowest BCUT2D eigenvalue weighted by molar-refractivity contribution is -0.120. The molecule has 0 atom stereocenters. The Labute approximate surface area is 177 Å². The number of anilines is 2. The van der Waals surface area contributed by atoms with E-state index in [1.807, 2.05) is 30.5 Å². The van der Waals surface area contributed by atoms with Crippen molar-refractivity contribution in [1.82, 2.24) is 0 Å². The average molecular weight is 425 g/mol. The molecular weight excluding hydrogens is 408 g/mol. The predicted molar refractivity (Wildman–Crippen MR) is 117 cm³/mol. The van der Waals surface area contributed by atoms with Crippen LogP contribution in [0.1, 0.15) is 10.4 Å². The van der Waals surface area contributed by atoms with Gasteiger partial charge in [0.25, 0.3) is 11.8 Å². The Bertz CT molecular complexity index is 1120. The number of carbonyl (C=O) groups is 2. The van der Waals surface area contributed by atoms with Crippen molar-refractivity contribution in [2.75, 3.05) is 17.3 Å². The maximum atomic E-state index is 13.3. The molecule has 4 rings (SSSR count). The van der Waals surface area contributed by atoms with Crippen molar-refractivity contribution in [2.24, 2.45) is 0 Å². The van der Waals surface area contributed by atoms with E-state index < -0.39 is 5.91 Å². The van der Waals surface area contributed by atoms with Crippen LogP contribution in [0, 0.1) is 6.92 Å². The molecule has 0 saturated carbocycles. The van der Waals surface area contributed by atoms with E-state index >= 15 is 0 Å². The summed E-state index contributed by atoms with van der Waals surface area (Å²) in [5.41, 5.74) is 2.66. The summed E-state index contributed by atoms with van der Waals surface area (Å²) in [5.74, 6) is -0.139. The maximum Gasteiger partial charge on any atom is 0.282 e. The van der Waals surface area contributed by atoms with Gasteiger partial charge in [0, 0.05) is 15.6 Å². The van der Waals surface area contributed by atoms with E-state index in [0.29, 0.717) is 27.7 Å². The van der Waals surface area contributed by atoms with E-state index in [1.165, 1.54) is 16.2 Å². The molecule has 0 aliphatic carbocycles. The summed E-state index contributed by atoms with van der Waals surface area (Å²) in [6.07, 6.45) is 0. The van der Waals surface area contributed by atoms with Gasteiger partial charge >= 0.3 is 0 Å². The van der Waals surface area contributed by atoms with Crippen molar-refractivity contribution in [3.63, 3.8) is 0 Å². The molecule has 0 unspecified atom stereocenters. The van der Waals surface area contributed by atoms with E-state index in [2.05, 4.69) is 5.32 Å². The number of amides is 2. The summed E-state index contributed by atoms with van der Waals surface area (Å²) in [6, 6.07) is 15.9. The number of ether oxygens (including phenoxy) is 1. The molecule has 3 aromatic rings. The van der Waals surface area contributed by atoms with Gasteiger partial charge in [-0.1, -0.05) is 23.7 Å². The summed E-state index contributed by atoms with van der Waals surface area (Å²) in [7, 11) is 1.56. The number of hydrogen-bond acceptors (Lipinski definition) is 5. The Morgan fingerprint density at radius 3 is 2.45 bits per heavy atom. The number of hydrogen-bond donors (Lipinski definition) is 1. The molecule has 1 aliphatic rings. The van der Waals surface area contributed by atoms with Crippen molar-refractivity contribution < 1.29 is 14.3 Å². The van der Waals surface area contributed by atoms with Gasteiger partial charge in [-0.05, 0) is 60.3 Å². The first kappa shape index (κ1) is 19.2. The Morgan fingerprint density at radius 1 is 1.03 bits per heavy atom. The third-order valence-corrected chi connectivity index (χ3v) is 5.76. The summed E-state index contributed by atoms with van der Waals surface area (Å²) in [6.45, 7) is 1.91. The lowest BCUT2D eigenvalue weighted by atomic mass is 10.1. The van der Waals surface area contributed by atoms with Gasteiger partial charge in [-0.15, -0.1) is 11.3 Å². The normalized spacial score (nSPS) is 14.0. The van der Waals surface area contributed by atoms with Crippen molar-refractivity contribution in [3.05, 3.63) is 81.1 Å². The van der Waals surface area contributed by atoms with Gasteiger partial charge in [0.2, 0.25) is 0 Å². The summed E-state index contributed by atoms with van der Waals surface area (Å²) in [5, 5.41) is 5.57. The lowest BCUT2D eigenvalue weighted by Crippen LogP contribution is -2.32. The summed E-state index contributed by atoms with van der Waals surface area (Å²) in [4.78, 5) is 28.5. The minimum atomic E-state index is -0.414. The quantitative estimate of drug-likeness (QED) is 0.578. The molecule has 0 spiro atoms. The fraction of sp³-hybridized carbons (Fsp3) is 0.0909. The Hall–Kier alpha value is -3.09. The zero-order chi connectivity index (χ0) is 20.5. The molecule has 5 nitrogen and oxygen atoms in total. The maximum absolute atomic E-state index is 13.3. The molecule has 2 heterocycles. The SMILES string of the molecule is COc1ccc(N2C(=O)C(Nc3cc(Cl)ccc3C)=C(c3cccs3)C2=O)cc1. The molecule has 0 bridgehead atoms. The van der Waals surface area contributed by atoms with E-state index in [9.17, 15) is 9.59 Å². The lowest BCUT2D eigenvalue weighted by Gasteiger charge is -2.16. The van der Waals surface area contributed by atoms with Crippen LogP contribution < -0.4 is 15.0 Å². The first-order valence-electron chi connectivity index (χ1n) is 8.83. The van der Waals surface area contributed by atoms with Gasteiger partial charge < -0.3 is 10.1 Å². The standard InChI is InChI=1S/C22H17ClN2O3S/c1-13-5-6-14(23)12-17(13)24-20-19(18-4-3-11-29-18)21(26)25(22(20)27)15-7-9-16(28-2)10-8-15/h3-12,24H,1-2H3. The molecule has 1 N–H and O–H groups in total. The van der Waals surface area contributed by atoms with E-state index in [4.69, 9.17) is 16.3 Å². The van der Waals surface area contributed by atoms with Crippen LogP contribution in [0.3, 0.4) is 0 Å². The first-order chi connectivity index (χ1) is 14.0. The number of thiophene rings is 1. The third-order valence-electron chi connectivity index (χ3n) is 4.64. The van der Waals surface area contributed by atoms with Gasteiger partial charge in [0.1, 0.15) is 11.4 Å². The van der Waals surface area contributed by atoms with Crippen LogP contribution in [0.5, 0.6) is 5.75 Å². The minimum absolute atomic E-state index is 0.235. The van der Waals surface area contributed by atoms with Crippen LogP contribution in [-0.2, 0) is 9.59 Å². The molecule has 146 valence electrons. The van der Waals surface area contributed by atoms with Gasteiger partial charge in [-0.25, -0.2) is 4.90 Å². The van der Waals surface area contributed by atoms with Crippen LogP contribution >= 0.6 is 22.9 Å². The highest BCUT2D eigenvalue weighted by Gasteiger charge is 2.40. The highest BCUT2D eigenvalue weighted by Crippen LogP contribution is 2.36. The predicted octanol–water partition coefficient (Wildman–Crippen LogP) is 5.12.